The van der Waals surface area contributed by atoms with Crippen molar-refractivity contribution in [2.75, 3.05) is 0 Å². The molecule has 2 heterocycles. The van der Waals surface area contributed by atoms with Crippen LogP contribution >= 0.6 is 0 Å². The second-order valence-electron chi connectivity index (χ2n) is 4.29. The largest absolute Gasteiger partial charge is 0.303 e. The molecule has 0 amide bonds. The molecule has 0 aliphatic rings. The van der Waals surface area contributed by atoms with Crippen LogP contribution in [0, 0.1) is 0 Å². The highest BCUT2D eigenvalue weighted by Gasteiger charge is 2.07. The van der Waals surface area contributed by atoms with Gasteiger partial charge in [-0.1, -0.05) is 13.0 Å². The molecule has 0 bridgehead atoms. The van der Waals surface area contributed by atoms with Gasteiger partial charge in [0.1, 0.15) is 12.2 Å². The van der Waals surface area contributed by atoms with Crippen molar-refractivity contribution in [2.24, 2.45) is 0 Å². The van der Waals surface area contributed by atoms with Gasteiger partial charge < -0.3 is 5.32 Å². The summed E-state index contributed by atoms with van der Waals surface area (Å²) < 4.78 is 1.95. The topological polar surface area (TPSA) is 55.6 Å². The predicted molar refractivity (Wildman–Crippen MR) is 69.8 cm³/mol. The third-order valence-corrected chi connectivity index (χ3v) is 2.88. The maximum atomic E-state index is 4.27. The molecule has 18 heavy (non-hydrogen) atoms. The van der Waals surface area contributed by atoms with Gasteiger partial charge in [-0.05, 0) is 25.0 Å². The Balaban J connectivity index is 1.93. The third kappa shape index (κ3) is 3.13. The lowest BCUT2D eigenvalue weighted by atomic mass is 10.1. The van der Waals surface area contributed by atoms with Gasteiger partial charge in [-0.25, -0.2) is 9.67 Å². The molecule has 0 aliphatic heterocycles. The number of rotatable bonds is 6. The average molecular weight is 245 g/mol. The molecule has 0 radical (unpaired) electrons. The molecule has 0 saturated carbocycles. The van der Waals surface area contributed by atoms with Gasteiger partial charge in [-0.15, -0.1) is 0 Å². The first-order chi connectivity index (χ1) is 8.81. The quantitative estimate of drug-likeness (QED) is 0.845. The van der Waals surface area contributed by atoms with Crippen LogP contribution in [0.5, 0.6) is 0 Å². The van der Waals surface area contributed by atoms with E-state index in [4.69, 9.17) is 0 Å². The second-order valence-corrected chi connectivity index (χ2v) is 4.29. The van der Waals surface area contributed by atoms with Crippen molar-refractivity contribution >= 4 is 0 Å². The Kier molecular flexibility index (Phi) is 4.41. The fraction of sp³-hybridized carbons (Fsp3) is 0.462. The van der Waals surface area contributed by atoms with Gasteiger partial charge >= 0.3 is 0 Å². The van der Waals surface area contributed by atoms with Crippen LogP contribution in [-0.4, -0.2) is 19.7 Å². The van der Waals surface area contributed by atoms with Gasteiger partial charge in [-0.3, -0.25) is 4.98 Å². The van der Waals surface area contributed by atoms with Gasteiger partial charge in [0.2, 0.25) is 0 Å². The summed E-state index contributed by atoms with van der Waals surface area (Å²) in [6.45, 7) is 5.89. The standard InChI is InChI=1S/C13H19N5/c1-3-7-18-13(16-10-17-18)9-15-11(2)12-5-4-6-14-8-12/h4-6,8,10-11,15H,3,7,9H2,1-2H3/t11-/m0/s1. The molecular formula is C13H19N5. The Bertz CT molecular complexity index is 465. The summed E-state index contributed by atoms with van der Waals surface area (Å²) in [4.78, 5) is 8.40. The fourth-order valence-corrected chi connectivity index (χ4v) is 1.82. The molecule has 0 aromatic carbocycles. The lowest BCUT2D eigenvalue weighted by Gasteiger charge is -2.13. The highest BCUT2D eigenvalue weighted by atomic mass is 15.3. The van der Waals surface area contributed by atoms with E-state index in [1.54, 1.807) is 12.5 Å². The smallest absolute Gasteiger partial charge is 0.140 e. The van der Waals surface area contributed by atoms with E-state index in [2.05, 4.69) is 40.3 Å². The van der Waals surface area contributed by atoms with Crippen LogP contribution in [0.25, 0.3) is 0 Å². The first kappa shape index (κ1) is 12.7. The van der Waals surface area contributed by atoms with Gasteiger partial charge in [0, 0.05) is 25.0 Å². The van der Waals surface area contributed by atoms with E-state index >= 15 is 0 Å². The van der Waals surface area contributed by atoms with Crippen molar-refractivity contribution in [2.45, 2.75) is 39.4 Å². The summed E-state index contributed by atoms with van der Waals surface area (Å²) >= 11 is 0. The summed E-state index contributed by atoms with van der Waals surface area (Å²) in [5.74, 6) is 0.979. The van der Waals surface area contributed by atoms with E-state index in [1.165, 1.54) is 5.56 Å². The van der Waals surface area contributed by atoms with Gasteiger partial charge in [0.05, 0.1) is 6.54 Å². The zero-order chi connectivity index (χ0) is 12.8. The molecule has 5 nitrogen and oxygen atoms in total. The number of aryl methyl sites for hydroxylation is 1. The number of nitrogens with zero attached hydrogens (tertiary/aromatic N) is 4. The van der Waals surface area contributed by atoms with Crippen molar-refractivity contribution in [3.05, 3.63) is 42.2 Å². The summed E-state index contributed by atoms with van der Waals surface area (Å²) in [6.07, 6.45) is 6.35. The molecule has 2 aromatic rings. The van der Waals surface area contributed by atoms with Crippen LogP contribution in [0.3, 0.4) is 0 Å². The number of aromatic nitrogens is 4. The molecule has 0 spiro atoms. The lowest BCUT2D eigenvalue weighted by molar-refractivity contribution is 0.509. The van der Waals surface area contributed by atoms with Crippen LogP contribution in [0.4, 0.5) is 0 Å². The Morgan fingerprint density at radius 3 is 3.06 bits per heavy atom. The molecule has 1 atom stereocenters. The normalized spacial score (nSPS) is 12.6. The molecule has 1 N–H and O–H groups in total. The molecule has 0 fully saturated rings. The molecule has 0 aliphatic carbocycles. The fourth-order valence-electron chi connectivity index (χ4n) is 1.82. The SMILES string of the molecule is CCCn1ncnc1CN[C@@H](C)c1cccnc1. The first-order valence-corrected chi connectivity index (χ1v) is 6.31. The van der Waals surface area contributed by atoms with Crippen molar-refractivity contribution in [3.8, 4) is 0 Å². The molecule has 0 saturated heterocycles. The van der Waals surface area contributed by atoms with Gasteiger partial charge in [0.15, 0.2) is 0 Å². The van der Waals surface area contributed by atoms with Crippen LogP contribution in [-0.2, 0) is 13.1 Å². The Hall–Kier alpha value is -1.75. The van der Waals surface area contributed by atoms with Crippen molar-refractivity contribution < 1.29 is 0 Å². The minimum atomic E-state index is 0.255. The highest BCUT2D eigenvalue weighted by molar-refractivity contribution is 5.12. The van der Waals surface area contributed by atoms with E-state index in [0.29, 0.717) is 0 Å². The minimum absolute atomic E-state index is 0.255. The number of pyridine rings is 1. The Morgan fingerprint density at radius 2 is 2.33 bits per heavy atom. The molecular weight excluding hydrogens is 226 g/mol. The third-order valence-electron chi connectivity index (χ3n) is 2.88. The van der Waals surface area contributed by atoms with Crippen molar-refractivity contribution in [1.29, 1.82) is 0 Å². The zero-order valence-electron chi connectivity index (χ0n) is 10.9. The Labute approximate surface area is 107 Å². The summed E-state index contributed by atoms with van der Waals surface area (Å²) in [5.41, 5.74) is 1.18. The maximum absolute atomic E-state index is 4.27. The average Bonchev–Trinajstić information content (AvgIpc) is 2.85. The monoisotopic (exact) mass is 245 g/mol. The van der Waals surface area contributed by atoms with E-state index in [-0.39, 0.29) is 6.04 Å². The number of hydrogen-bond acceptors (Lipinski definition) is 4. The summed E-state index contributed by atoms with van der Waals surface area (Å²) in [7, 11) is 0. The Morgan fingerprint density at radius 1 is 1.44 bits per heavy atom. The van der Waals surface area contributed by atoms with Crippen LogP contribution in [0.2, 0.25) is 0 Å². The highest BCUT2D eigenvalue weighted by Crippen LogP contribution is 2.10. The maximum Gasteiger partial charge on any atom is 0.140 e. The van der Waals surface area contributed by atoms with Gasteiger partial charge in [0.25, 0.3) is 0 Å². The van der Waals surface area contributed by atoms with E-state index in [1.807, 2.05) is 16.9 Å². The number of hydrogen-bond donors (Lipinski definition) is 1. The van der Waals surface area contributed by atoms with Gasteiger partial charge in [-0.2, -0.15) is 5.10 Å². The van der Waals surface area contributed by atoms with Crippen molar-refractivity contribution in [1.82, 2.24) is 25.1 Å². The summed E-state index contributed by atoms with van der Waals surface area (Å²) in [5, 5.41) is 7.65. The first-order valence-electron chi connectivity index (χ1n) is 6.31. The molecule has 96 valence electrons. The zero-order valence-corrected chi connectivity index (χ0v) is 10.9. The predicted octanol–water partition coefficient (Wildman–Crippen LogP) is 1.93. The molecule has 2 rings (SSSR count). The van der Waals surface area contributed by atoms with E-state index in [9.17, 15) is 0 Å². The molecule has 2 aromatic heterocycles. The van der Waals surface area contributed by atoms with Crippen molar-refractivity contribution in [3.63, 3.8) is 0 Å². The summed E-state index contributed by atoms with van der Waals surface area (Å²) in [6, 6.07) is 4.28. The van der Waals surface area contributed by atoms with Crippen LogP contribution in [0.1, 0.15) is 37.7 Å². The second kappa shape index (κ2) is 6.26. The molecule has 0 unspecified atom stereocenters. The van der Waals surface area contributed by atoms with Crippen LogP contribution in [0.15, 0.2) is 30.9 Å². The lowest BCUT2D eigenvalue weighted by Crippen LogP contribution is -2.21. The number of nitrogens with one attached hydrogen (secondary N) is 1. The van der Waals surface area contributed by atoms with E-state index in [0.717, 1.165) is 25.3 Å². The van der Waals surface area contributed by atoms with E-state index < -0.39 is 0 Å². The molecule has 5 heteroatoms. The van der Waals surface area contributed by atoms with Crippen LogP contribution < -0.4 is 5.32 Å². The minimum Gasteiger partial charge on any atom is -0.303 e.